The number of benzene rings is 1. The molecule has 1 aliphatic carbocycles. The minimum Gasteiger partial charge on any atom is -0.508 e. The van der Waals surface area contributed by atoms with Gasteiger partial charge in [-0.1, -0.05) is 18.2 Å². The monoisotopic (exact) mass is 200 g/mol. The van der Waals surface area contributed by atoms with E-state index in [1.165, 1.54) is 12.1 Å². The molecule has 2 heteroatoms. The van der Waals surface area contributed by atoms with Crippen LogP contribution in [-0.2, 0) is 0 Å². The third-order valence-corrected chi connectivity index (χ3v) is 2.39. The zero-order chi connectivity index (χ0) is 10.7. The Morgan fingerprint density at radius 2 is 1.87 bits per heavy atom. The Morgan fingerprint density at radius 1 is 1.13 bits per heavy atom. The fraction of sp³-hybridized carbons (Fsp3) is 0.154. The summed E-state index contributed by atoms with van der Waals surface area (Å²) < 4.78 is 0. The van der Waals surface area contributed by atoms with E-state index in [-0.39, 0.29) is 11.5 Å². The molecule has 0 spiro atoms. The van der Waals surface area contributed by atoms with Gasteiger partial charge in [-0.05, 0) is 37.1 Å². The van der Waals surface area contributed by atoms with Crippen molar-refractivity contribution in [2.45, 2.75) is 12.8 Å². The minimum absolute atomic E-state index is 0.0194. The lowest BCUT2D eigenvalue weighted by Gasteiger charge is -2.05. The van der Waals surface area contributed by atoms with Crippen LogP contribution in [0.15, 0.2) is 48.1 Å². The molecule has 0 saturated heterocycles. The van der Waals surface area contributed by atoms with Gasteiger partial charge in [0.05, 0.1) is 0 Å². The molecule has 0 saturated carbocycles. The number of carbonyl (C=O) groups is 1. The van der Waals surface area contributed by atoms with Crippen molar-refractivity contribution in [2.75, 3.05) is 0 Å². The third-order valence-electron chi connectivity index (χ3n) is 2.39. The normalized spacial score (nSPS) is 14.8. The predicted molar refractivity (Wildman–Crippen MR) is 58.9 cm³/mol. The number of Topliss-reactive ketones (excluding diaryl/α,β-unsaturated/α-hetero) is 1. The van der Waals surface area contributed by atoms with Gasteiger partial charge in [-0.3, -0.25) is 4.79 Å². The van der Waals surface area contributed by atoms with Crippen molar-refractivity contribution in [2.24, 2.45) is 0 Å². The molecule has 1 aliphatic rings. The molecule has 0 unspecified atom stereocenters. The van der Waals surface area contributed by atoms with Crippen LogP contribution in [0, 0.1) is 0 Å². The molecule has 76 valence electrons. The first kappa shape index (κ1) is 9.71. The second-order valence-electron chi connectivity index (χ2n) is 3.52. The van der Waals surface area contributed by atoms with Gasteiger partial charge < -0.3 is 5.11 Å². The largest absolute Gasteiger partial charge is 0.508 e. The molecule has 0 fully saturated rings. The quantitative estimate of drug-likeness (QED) is 0.745. The highest BCUT2D eigenvalue weighted by molar-refractivity contribution is 6.10. The zero-order valence-electron chi connectivity index (χ0n) is 8.31. The van der Waals surface area contributed by atoms with Gasteiger partial charge in [0.25, 0.3) is 0 Å². The number of phenols is 1. The molecule has 0 heterocycles. The van der Waals surface area contributed by atoms with Gasteiger partial charge in [-0.15, -0.1) is 0 Å². The Labute approximate surface area is 88.6 Å². The maximum atomic E-state index is 11.9. The van der Waals surface area contributed by atoms with Crippen molar-refractivity contribution in [3.05, 3.63) is 53.6 Å². The lowest BCUT2D eigenvalue weighted by atomic mass is 9.98. The number of ketones is 1. The smallest absolute Gasteiger partial charge is 0.192 e. The van der Waals surface area contributed by atoms with Crippen LogP contribution in [-0.4, -0.2) is 10.9 Å². The number of hydrogen-bond acceptors (Lipinski definition) is 2. The molecule has 1 aromatic carbocycles. The molecule has 0 amide bonds. The Balaban J connectivity index is 2.24. The van der Waals surface area contributed by atoms with E-state index in [1.54, 1.807) is 12.1 Å². The van der Waals surface area contributed by atoms with Crippen LogP contribution in [0.25, 0.3) is 0 Å². The van der Waals surface area contributed by atoms with Crippen molar-refractivity contribution in [1.82, 2.24) is 0 Å². The van der Waals surface area contributed by atoms with E-state index >= 15 is 0 Å². The summed E-state index contributed by atoms with van der Waals surface area (Å²) in [6, 6.07) is 6.34. The van der Waals surface area contributed by atoms with Crippen LogP contribution in [0.4, 0.5) is 0 Å². The highest BCUT2D eigenvalue weighted by Crippen LogP contribution is 2.17. The van der Waals surface area contributed by atoms with E-state index in [0.29, 0.717) is 5.56 Å². The minimum atomic E-state index is 0.0194. The highest BCUT2D eigenvalue weighted by Gasteiger charge is 2.10. The van der Waals surface area contributed by atoms with Crippen LogP contribution < -0.4 is 0 Å². The Morgan fingerprint density at radius 3 is 2.47 bits per heavy atom. The number of carbonyl (C=O) groups excluding carboxylic acids is 1. The number of rotatable bonds is 2. The summed E-state index contributed by atoms with van der Waals surface area (Å²) in [6.45, 7) is 0. The predicted octanol–water partition coefficient (Wildman–Crippen LogP) is 2.85. The topological polar surface area (TPSA) is 37.3 Å². The number of allylic oxidation sites excluding steroid dienone is 4. The van der Waals surface area contributed by atoms with Gasteiger partial charge in [0.15, 0.2) is 5.78 Å². The molecular weight excluding hydrogens is 188 g/mol. The molecule has 2 nitrogen and oxygen atoms in total. The molecule has 1 N–H and O–H groups in total. The van der Waals surface area contributed by atoms with E-state index in [1.807, 2.05) is 18.2 Å². The van der Waals surface area contributed by atoms with E-state index in [4.69, 9.17) is 5.11 Å². The molecule has 0 radical (unpaired) electrons. The first-order valence-electron chi connectivity index (χ1n) is 4.98. The Hall–Kier alpha value is -1.83. The van der Waals surface area contributed by atoms with Crippen molar-refractivity contribution in [3.8, 4) is 5.75 Å². The Bertz CT molecular complexity index is 424. The first-order chi connectivity index (χ1) is 7.27. The van der Waals surface area contributed by atoms with Gasteiger partial charge in [-0.2, -0.15) is 0 Å². The van der Waals surface area contributed by atoms with Crippen LogP contribution >= 0.6 is 0 Å². The SMILES string of the molecule is O=C(C1=CCCC=C1)c1ccc(O)cc1. The standard InChI is InChI=1S/C13H12O2/c14-12-8-6-11(7-9-12)13(15)10-4-2-1-3-5-10/h2,4-9,14H,1,3H2. The van der Waals surface area contributed by atoms with Crippen molar-refractivity contribution < 1.29 is 9.90 Å². The summed E-state index contributed by atoms with van der Waals surface area (Å²) in [5.74, 6) is 0.200. The second-order valence-corrected chi connectivity index (χ2v) is 3.52. The van der Waals surface area contributed by atoms with E-state index < -0.39 is 0 Å². The summed E-state index contributed by atoms with van der Waals surface area (Å²) in [7, 11) is 0. The molecule has 15 heavy (non-hydrogen) atoms. The van der Waals surface area contributed by atoms with Crippen molar-refractivity contribution in [1.29, 1.82) is 0 Å². The van der Waals surface area contributed by atoms with Crippen molar-refractivity contribution in [3.63, 3.8) is 0 Å². The lowest BCUT2D eigenvalue weighted by molar-refractivity contribution is 0.103. The van der Waals surface area contributed by atoms with E-state index in [2.05, 4.69) is 0 Å². The molecule has 1 aromatic rings. The fourth-order valence-corrected chi connectivity index (χ4v) is 1.56. The van der Waals surface area contributed by atoms with Gasteiger partial charge in [0.1, 0.15) is 5.75 Å². The Kier molecular flexibility index (Phi) is 2.68. The van der Waals surface area contributed by atoms with Crippen LogP contribution in [0.1, 0.15) is 23.2 Å². The zero-order valence-corrected chi connectivity index (χ0v) is 8.31. The molecule has 2 rings (SSSR count). The third kappa shape index (κ3) is 2.15. The maximum absolute atomic E-state index is 11.9. The van der Waals surface area contributed by atoms with Crippen LogP contribution in [0.2, 0.25) is 0 Å². The summed E-state index contributed by atoms with van der Waals surface area (Å²) >= 11 is 0. The number of phenolic OH excluding ortho intramolecular Hbond substituents is 1. The molecule has 0 bridgehead atoms. The number of hydrogen-bond donors (Lipinski definition) is 1. The van der Waals surface area contributed by atoms with Gasteiger partial charge in [0.2, 0.25) is 0 Å². The number of aromatic hydroxyl groups is 1. The van der Waals surface area contributed by atoms with Gasteiger partial charge >= 0.3 is 0 Å². The summed E-state index contributed by atoms with van der Waals surface area (Å²) in [5.41, 5.74) is 1.36. The maximum Gasteiger partial charge on any atom is 0.192 e. The first-order valence-corrected chi connectivity index (χ1v) is 4.98. The lowest BCUT2D eigenvalue weighted by Crippen LogP contribution is -2.02. The van der Waals surface area contributed by atoms with E-state index in [9.17, 15) is 4.79 Å². The van der Waals surface area contributed by atoms with Gasteiger partial charge in [0, 0.05) is 11.1 Å². The van der Waals surface area contributed by atoms with E-state index in [0.717, 1.165) is 18.4 Å². The van der Waals surface area contributed by atoms with Crippen LogP contribution in [0.5, 0.6) is 5.75 Å². The molecule has 0 aromatic heterocycles. The summed E-state index contributed by atoms with van der Waals surface area (Å²) in [5, 5.41) is 9.11. The second kappa shape index (κ2) is 4.13. The summed E-state index contributed by atoms with van der Waals surface area (Å²) in [6.07, 6.45) is 7.75. The highest BCUT2D eigenvalue weighted by atomic mass is 16.3. The van der Waals surface area contributed by atoms with Crippen molar-refractivity contribution >= 4 is 5.78 Å². The van der Waals surface area contributed by atoms with Gasteiger partial charge in [-0.25, -0.2) is 0 Å². The average molecular weight is 200 g/mol. The molecular formula is C13H12O2. The summed E-state index contributed by atoms with van der Waals surface area (Å²) in [4.78, 5) is 11.9. The average Bonchev–Trinajstić information content (AvgIpc) is 2.30. The molecule has 0 aliphatic heterocycles. The molecule has 0 atom stereocenters. The van der Waals surface area contributed by atoms with Crippen LogP contribution in [0.3, 0.4) is 0 Å². The fourth-order valence-electron chi connectivity index (χ4n) is 1.56.